The average Bonchev–Trinajstić information content (AvgIpc) is 2.23. The van der Waals surface area contributed by atoms with Gasteiger partial charge in [-0.2, -0.15) is 0 Å². The van der Waals surface area contributed by atoms with Crippen molar-refractivity contribution in [2.45, 2.75) is 10.1 Å². The maximum absolute atomic E-state index is 4.14. The molecule has 1 heterocycles. The smallest absolute Gasteiger partial charge is 0.192 e. The number of rotatable bonds is 2. The fourth-order valence-corrected chi connectivity index (χ4v) is 1.92. The Morgan fingerprint density at radius 1 is 1.00 bits per heavy atom. The summed E-state index contributed by atoms with van der Waals surface area (Å²) in [5.41, 5.74) is 0. The molecule has 0 aliphatic carbocycles. The van der Waals surface area contributed by atoms with Crippen molar-refractivity contribution < 1.29 is 0 Å². The highest BCUT2D eigenvalue weighted by Gasteiger charge is 1.98. The Kier molecular flexibility index (Phi) is 3.16. The quantitative estimate of drug-likeness (QED) is 0.780. The molecule has 2 rings (SSSR count). The van der Waals surface area contributed by atoms with Crippen LogP contribution in [0.15, 0.2) is 57.3 Å². The van der Waals surface area contributed by atoms with Gasteiger partial charge in [-0.05, 0) is 42.1 Å². The molecule has 0 amide bonds. The van der Waals surface area contributed by atoms with Gasteiger partial charge in [0.05, 0.1) is 0 Å². The lowest BCUT2D eigenvalue weighted by Crippen LogP contribution is -1.82. The van der Waals surface area contributed by atoms with Crippen LogP contribution in [0.2, 0.25) is 0 Å². The van der Waals surface area contributed by atoms with E-state index in [0.29, 0.717) is 0 Å². The molecule has 0 unspecified atom stereocenters. The van der Waals surface area contributed by atoms with E-state index in [2.05, 4.69) is 25.9 Å². The third kappa shape index (κ3) is 2.56. The van der Waals surface area contributed by atoms with E-state index in [4.69, 9.17) is 0 Å². The molecule has 0 saturated heterocycles. The third-order valence-corrected chi connectivity index (χ3v) is 2.99. The first-order valence-corrected chi connectivity index (χ1v) is 5.66. The molecule has 0 aliphatic heterocycles. The van der Waals surface area contributed by atoms with Gasteiger partial charge >= 0.3 is 0 Å². The van der Waals surface area contributed by atoms with E-state index in [1.54, 1.807) is 24.2 Å². The van der Waals surface area contributed by atoms with Crippen LogP contribution in [0.25, 0.3) is 0 Å². The second-order valence-corrected chi connectivity index (χ2v) is 4.54. The molecule has 4 heteroatoms. The highest BCUT2D eigenvalue weighted by molar-refractivity contribution is 9.10. The normalized spacial score (nSPS) is 10.1. The Hall–Kier alpha value is -0.870. The summed E-state index contributed by atoms with van der Waals surface area (Å²) in [5, 5.41) is 0.773. The average molecular weight is 267 g/mol. The van der Waals surface area contributed by atoms with Crippen molar-refractivity contribution in [1.82, 2.24) is 9.97 Å². The first kappa shape index (κ1) is 9.68. The minimum atomic E-state index is 0.773. The molecular formula is C10H7BrN2S. The van der Waals surface area contributed by atoms with Gasteiger partial charge in [-0.15, -0.1) is 0 Å². The maximum Gasteiger partial charge on any atom is 0.192 e. The van der Waals surface area contributed by atoms with Crippen LogP contribution < -0.4 is 0 Å². The minimum absolute atomic E-state index is 0.773. The Balaban J connectivity index is 2.16. The molecule has 2 aromatic rings. The molecule has 0 aliphatic rings. The lowest BCUT2D eigenvalue weighted by molar-refractivity contribution is 0.967. The monoisotopic (exact) mass is 266 g/mol. The Morgan fingerprint density at radius 3 is 2.29 bits per heavy atom. The second-order valence-electron chi connectivity index (χ2n) is 2.59. The number of halogens is 1. The van der Waals surface area contributed by atoms with E-state index in [0.717, 1.165) is 14.5 Å². The van der Waals surface area contributed by atoms with E-state index < -0.39 is 0 Å². The minimum Gasteiger partial charge on any atom is -0.231 e. The molecule has 0 radical (unpaired) electrons. The molecule has 1 aromatic carbocycles. The molecule has 0 atom stereocenters. The van der Waals surface area contributed by atoms with Crippen LogP contribution in [0, 0.1) is 0 Å². The summed E-state index contributed by atoms with van der Waals surface area (Å²) in [7, 11) is 0. The van der Waals surface area contributed by atoms with Crippen molar-refractivity contribution in [3.05, 3.63) is 47.2 Å². The van der Waals surface area contributed by atoms with Crippen LogP contribution in [-0.2, 0) is 0 Å². The lowest BCUT2D eigenvalue weighted by atomic mass is 10.4. The molecule has 0 N–H and O–H groups in total. The molecular weight excluding hydrogens is 260 g/mol. The lowest BCUT2D eigenvalue weighted by Gasteiger charge is -1.98. The number of aromatic nitrogens is 2. The molecule has 0 bridgehead atoms. The molecule has 0 fully saturated rings. The van der Waals surface area contributed by atoms with Crippen LogP contribution in [0.5, 0.6) is 0 Å². The van der Waals surface area contributed by atoms with Gasteiger partial charge < -0.3 is 0 Å². The first-order valence-electron chi connectivity index (χ1n) is 4.05. The number of benzene rings is 1. The molecule has 0 saturated carbocycles. The zero-order valence-electron chi connectivity index (χ0n) is 7.22. The van der Waals surface area contributed by atoms with Gasteiger partial charge in [-0.3, -0.25) is 0 Å². The van der Waals surface area contributed by atoms with Crippen LogP contribution >= 0.6 is 27.7 Å². The van der Waals surface area contributed by atoms with E-state index in [1.807, 2.05) is 30.3 Å². The van der Waals surface area contributed by atoms with Gasteiger partial charge in [0, 0.05) is 21.8 Å². The summed E-state index contributed by atoms with van der Waals surface area (Å²) < 4.78 is 1.08. The van der Waals surface area contributed by atoms with Crippen LogP contribution in [-0.4, -0.2) is 9.97 Å². The van der Waals surface area contributed by atoms with Crippen molar-refractivity contribution in [3.63, 3.8) is 0 Å². The highest BCUT2D eigenvalue weighted by atomic mass is 79.9. The Morgan fingerprint density at radius 2 is 1.64 bits per heavy atom. The molecule has 70 valence electrons. The molecule has 0 spiro atoms. The summed E-state index contributed by atoms with van der Waals surface area (Å²) in [6.45, 7) is 0. The molecule has 14 heavy (non-hydrogen) atoms. The van der Waals surface area contributed by atoms with Gasteiger partial charge in [-0.1, -0.05) is 15.9 Å². The van der Waals surface area contributed by atoms with Gasteiger partial charge in [0.15, 0.2) is 5.16 Å². The summed E-state index contributed by atoms with van der Waals surface area (Å²) in [5.74, 6) is 0. The van der Waals surface area contributed by atoms with Gasteiger partial charge in [0.1, 0.15) is 0 Å². The Bertz CT molecular complexity index is 402. The summed E-state index contributed by atoms with van der Waals surface area (Å²) in [4.78, 5) is 9.41. The number of hydrogen-bond acceptors (Lipinski definition) is 3. The first-order chi connectivity index (χ1) is 6.84. The van der Waals surface area contributed by atoms with Gasteiger partial charge in [0.2, 0.25) is 0 Å². The summed E-state index contributed by atoms with van der Waals surface area (Å²) in [6.07, 6.45) is 3.49. The zero-order chi connectivity index (χ0) is 9.80. The highest BCUT2D eigenvalue weighted by Crippen LogP contribution is 2.25. The Labute approximate surface area is 94.9 Å². The molecule has 1 aromatic heterocycles. The summed E-state index contributed by atoms with van der Waals surface area (Å²) in [6, 6.07) is 9.89. The predicted octanol–water partition coefficient (Wildman–Crippen LogP) is 3.39. The van der Waals surface area contributed by atoms with Crippen LogP contribution in [0.4, 0.5) is 0 Å². The third-order valence-electron chi connectivity index (χ3n) is 1.56. The van der Waals surface area contributed by atoms with Crippen molar-refractivity contribution in [2.75, 3.05) is 0 Å². The fourth-order valence-electron chi connectivity index (χ4n) is 0.946. The van der Waals surface area contributed by atoms with Gasteiger partial charge in [-0.25, -0.2) is 9.97 Å². The number of hydrogen-bond donors (Lipinski definition) is 0. The van der Waals surface area contributed by atoms with E-state index in [9.17, 15) is 0 Å². The fraction of sp³-hybridized carbons (Fsp3) is 0. The zero-order valence-corrected chi connectivity index (χ0v) is 9.62. The van der Waals surface area contributed by atoms with E-state index in [-0.39, 0.29) is 0 Å². The number of nitrogens with zero attached hydrogens (tertiary/aromatic N) is 2. The van der Waals surface area contributed by atoms with Crippen molar-refractivity contribution in [2.24, 2.45) is 0 Å². The molecule has 2 nitrogen and oxygen atoms in total. The van der Waals surface area contributed by atoms with Crippen molar-refractivity contribution in [1.29, 1.82) is 0 Å². The largest absolute Gasteiger partial charge is 0.231 e. The maximum atomic E-state index is 4.14. The second kappa shape index (κ2) is 4.57. The van der Waals surface area contributed by atoms with Crippen LogP contribution in [0.1, 0.15) is 0 Å². The van der Waals surface area contributed by atoms with E-state index >= 15 is 0 Å². The topological polar surface area (TPSA) is 25.8 Å². The van der Waals surface area contributed by atoms with E-state index in [1.165, 1.54) is 0 Å². The SMILES string of the molecule is Brc1ccc(Sc2ncccn2)cc1. The van der Waals surface area contributed by atoms with Crippen LogP contribution in [0.3, 0.4) is 0 Å². The van der Waals surface area contributed by atoms with Gasteiger partial charge in [0.25, 0.3) is 0 Å². The van der Waals surface area contributed by atoms with Crippen molar-refractivity contribution >= 4 is 27.7 Å². The summed E-state index contributed by atoms with van der Waals surface area (Å²) >= 11 is 4.94. The standard InChI is InChI=1S/C10H7BrN2S/c11-8-2-4-9(5-3-8)14-10-12-6-1-7-13-10/h1-7H. The predicted molar refractivity (Wildman–Crippen MR) is 60.3 cm³/mol. The van der Waals surface area contributed by atoms with Crippen molar-refractivity contribution in [3.8, 4) is 0 Å².